The normalized spacial score (nSPS) is 15.0. The molecular formula is C13H11N5O4S. The summed E-state index contributed by atoms with van der Waals surface area (Å²) in [5.41, 5.74) is 1.21. The van der Waals surface area contributed by atoms with Crippen molar-refractivity contribution in [2.45, 2.75) is 19.3 Å². The summed E-state index contributed by atoms with van der Waals surface area (Å²) < 4.78 is 0. The Kier molecular flexibility index (Phi) is 3.33. The molecule has 1 aliphatic heterocycles. The zero-order valence-corrected chi connectivity index (χ0v) is 12.9. The molecule has 0 saturated heterocycles. The molecule has 2 heterocycles. The summed E-state index contributed by atoms with van der Waals surface area (Å²) in [5.74, 6) is -0.847. The molecule has 0 bridgehead atoms. The van der Waals surface area contributed by atoms with E-state index < -0.39 is 16.2 Å². The van der Waals surface area contributed by atoms with Crippen LogP contribution in [0.4, 0.5) is 17.1 Å². The Morgan fingerprint density at radius 3 is 2.78 bits per heavy atom. The average molecular weight is 333 g/mol. The lowest BCUT2D eigenvalue weighted by atomic mass is 9.86. The first-order chi connectivity index (χ1) is 10.8. The monoisotopic (exact) mass is 333 g/mol. The number of nitrogens with one attached hydrogen (secondary N) is 2. The molecule has 9 nitrogen and oxygen atoms in total. The zero-order chi connectivity index (χ0) is 16.8. The highest BCUT2D eigenvalue weighted by Gasteiger charge is 2.40. The molecule has 2 amide bonds. The van der Waals surface area contributed by atoms with Gasteiger partial charge in [0.15, 0.2) is 0 Å². The Balaban J connectivity index is 2.06. The minimum absolute atomic E-state index is 0.0125. The molecule has 23 heavy (non-hydrogen) atoms. The number of amides is 2. The van der Waals surface area contributed by atoms with Crippen LogP contribution in [0.15, 0.2) is 17.6 Å². The average Bonchev–Trinajstić information content (AvgIpc) is 3.08. The topological polar surface area (TPSA) is 127 Å². The van der Waals surface area contributed by atoms with Gasteiger partial charge in [0.05, 0.1) is 16.0 Å². The lowest BCUT2D eigenvalue weighted by Crippen LogP contribution is -2.27. The quantitative estimate of drug-likeness (QED) is 0.652. The summed E-state index contributed by atoms with van der Waals surface area (Å²) in [6, 6.07) is 2.70. The third-order valence-electron chi connectivity index (χ3n) is 3.62. The first kappa shape index (κ1) is 15.0. The van der Waals surface area contributed by atoms with E-state index in [0.29, 0.717) is 11.3 Å². The van der Waals surface area contributed by atoms with Crippen LogP contribution in [0.5, 0.6) is 0 Å². The van der Waals surface area contributed by atoms with Crippen molar-refractivity contribution < 1.29 is 14.5 Å². The van der Waals surface area contributed by atoms with Gasteiger partial charge in [0.2, 0.25) is 10.9 Å². The van der Waals surface area contributed by atoms with Crippen molar-refractivity contribution in [2.24, 2.45) is 0 Å². The summed E-state index contributed by atoms with van der Waals surface area (Å²) in [5, 5.41) is 23.6. The van der Waals surface area contributed by atoms with Gasteiger partial charge in [0.25, 0.3) is 11.6 Å². The van der Waals surface area contributed by atoms with E-state index in [1.165, 1.54) is 17.6 Å². The van der Waals surface area contributed by atoms with E-state index in [1.807, 2.05) is 0 Å². The van der Waals surface area contributed by atoms with E-state index >= 15 is 0 Å². The highest BCUT2D eigenvalue weighted by Crippen LogP contribution is 2.42. The molecule has 1 aromatic heterocycles. The number of nitrogens with zero attached hydrogens (tertiary/aromatic N) is 3. The third kappa shape index (κ3) is 2.42. The SMILES string of the molecule is CC1(C)C(=O)Nc2cc([N+](=O)[O-])c(NC(=O)c3nncs3)cc21. The van der Waals surface area contributed by atoms with Crippen LogP contribution in [0.3, 0.4) is 0 Å². The van der Waals surface area contributed by atoms with Gasteiger partial charge in [-0.05, 0) is 25.5 Å². The van der Waals surface area contributed by atoms with E-state index in [9.17, 15) is 19.7 Å². The number of fused-ring (bicyclic) bond motifs is 1. The highest BCUT2D eigenvalue weighted by molar-refractivity contribution is 7.11. The molecule has 0 fully saturated rings. The largest absolute Gasteiger partial charge is 0.325 e. The molecule has 0 atom stereocenters. The lowest BCUT2D eigenvalue weighted by molar-refractivity contribution is -0.383. The number of carbonyl (C=O) groups is 2. The van der Waals surface area contributed by atoms with Crippen LogP contribution in [0.2, 0.25) is 0 Å². The minimum atomic E-state index is -0.841. The molecule has 0 saturated carbocycles. The van der Waals surface area contributed by atoms with Crippen molar-refractivity contribution in [3.8, 4) is 0 Å². The summed E-state index contributed by atoms with van der Waals surface area (Å²) in [6.45, 7) is 3.41. The van der Waals surface area contributed by atoms with Crippen LogP contribution in [0.25, 0.3) is 0 Å². The maximum Gasteiger partial charge on any atom is 0.294 e. The van der Waals surface area contributed by atoms with Gasteiger partial charge in [0.1, 0.15) is 11.2 Å². The Bertz CT molecular complexity index is 831. The number of hydrogen-bond donors (Lipinski definition) is 2. The number of aromatic nitrogens is 2. The van der Waals surface area contributed by atoms with Gasteiger partial charge in [-0.15, -0.1) is 10.2 Å². The van der Waals surface area contributed by atoms with Crippen LogP contribution in [0.1, 0.15) is 29.2 Å². The minimum Gasteiger partial charge on any atom is -0.325 e. The van der Waals surface area contributed by atoms with Crippen molar-refractivity contribution in [3.05, 3.63) is 38.3 Å². The van der Waals surface area contributed by atoms with Gasteiger partial charge in [0, 0.05) is 6.07 Å². The lowest BCUT2D eigenvalue weighted by Gasteiger charge is -2.16. The first-order valence-electron chi connectivity index (χ1n) is 6.52. The molecule has 1 aliphatic rings. The Labute approximate surface area is 133 Å². The van der Waals surface area contributed by atoms with Crippen LogP contribution in [-0.2, 0) is 10.2 Å². The molecule has 0 spiro atoms. The highest BCUT2D eigenvalue weighted by atomic mass is 32.1. The molecular weight excluding hydrogens is 322 g/mol. The van der Waals surface area contributed by atoms with E-state index in [-0.39, 0.29) is 22.3 Å². The fourth-order valence-corrected chi connectivity index (χ4v) is 2.76. The molecule has 0 aliphatic carbocycles. The van der Waals surface area contributed by atoms with Gasteiger partial charge in [-0.25, -0.2) is 0 Å². The van der Waals surface area contributed by atoms with Crippen LogP contribution >= 0.6 is 11.3 Å². The van der Waals surface area contributed by atoms with Gasteiger partial charge in [-0.3, -0.25) is 19.7 Å². The fourth-order valence-electron chi connectivity index (χ4n) is 2.31. The fraction of sp³-hybridized carbons (Fsp3) is 0.231. The molecule has 10 heteroatoms. The van der Waals surface area contributed by atoms with Crippen molar-refractivity contribution in [3.63, 3.8) is 0 Å². The summed E-state index contributed by atoms with van der Waals surface area (Å²) >= 11 is 1.02. The maximum absolute atomic E-state index is 12.1. The van der Waals surface area contributed by atoms with E-state index in [4.69, 9.17) is 0 Å². The summed E-state index contributed by atoms with van der Waals surface area (Å²) in [4.78, 5) is 34.7. The number of anilines is 2. The maximum atomic E-state index is 12.1. The zero-order valence-electron chi connectivity index (χ0n) is 12.1. The number of nitro benzene ring substituents is 1. The number of benzene rings is 1. The van der Waals surface area contributed by atoms with Gasteiger partial charge >= 0.3 is 0 Å². The second-order valence-electron chi connectivity index (χ2n) is 5.45. The Morgan fingerprint density at radius 1 is 1.43 bits per heavy atom. The van der Waals surface area contributed by atoms with Crippen molar-refractivity contribution in [2.75, 3.05) is 10.6 Å². The van der Waals surface area contributed by atoms with Gasteiger partial charge < -0.3 is 10.6 Å². The molecule has 1 aromatic carbocycles. The standard InChI is InChI=1S/C13H11N5O4S/c1-13(2)6-3-8(15-10(19)11-17-14-5-23-11)9(18(21)22)4-7(6)16-12(13)20/h3-5H,1-2H3,(H,15,19)(H,16,20). The summed E-state index contributed by atoms with van der Waals surface area (Å²) in [6.07, 6.45) is 0. The second kappa shape index (κ2) is 5.09. The van der Waals surface area contributed by atoms with Crippen LogP contribution in [-0.4, -0.2) is 26.9 Å². The molecule has 2 aromatic rings. The number of rotatable bonds is 3. The molecule has 118 valence electrons. The molecule has 0 radical (unpaired) electrons. The summed E-state index contributed by atoms with van der Waals surface area (Å²) in [7, 11) is 0. The Hall–Kier alpha value is -2.88. The van der Waals surface area contributed by atoms with Gasteiger partial charge in [-0.2, -0.15) is 0 Å². The van der Waals surface area contributed by atoms with Crippen LogP contribution in [0, 0.1) is 10.1 Å². The molecule has 2 N–H and O–H groups in total. The van der Waals surface area contributed by atoms with Crippen molar-refractivity contribution >= 4 is 40.2 Å². The van der Waals surface area contributed by atoms with E-state index in [1.54, 1.807) is 13.8 Å². The predicted molar refractivity (Wildman–Crippen MR) is 82.6 cm³/mol. The molecule has 3 rings (SSSR count). The van der Waals surface area contributed by atoms with Crippen molar-refractivity contribution in [1.29, 1.82) is 0 Å². The predicted octanol–water partition coefficient (Wildman–Crippen LogP) is 1.93. The second-order valence-corrected chi connectivity index (χ2v) is 6.28. The Morgan fingerprint density at radius 2 is 2.17 bits per heavy atom. The van der Waals surface area contributed by atoms with E-state index in [2.05, 4.69) is 20.8 Å². The smallest absolute Gasteiger partial charge is 0.294 e. The van der Waals surface area contributed by atoms with Crippen molar-refractivity contribution in [1.82, 2.24) is 10.2 Å². The first-order valence-corrected chi connectivity index (χ1v) is 7.40. The number of nitro groups is 1. The number of hydrogen-bond acceptors (Lipinski definition) is 7. The van der Waals surface area contributed by atoms with Gasteiger partial charge in [-0.1, -0.05) is 11.3 Å². The molecule has 0 unspecified atom stereocenters. The van der Waals surface area contributed by atoms with Crippen LogP contribution < -0.4 is 10.6 Å². The van der Waals surface area contributed by atoms with E-state index in [0.717, 1.165) is 11.3 Å². The third-order valence-corrected chi connectivity index (χ3v) is 4.31. The number of carbonyl (C=O) groups excluding carboxylic acids is 2.